The quantitative estimate of drug-likeness (QED) is 0.702. The third-order valence-corrected chi connectivity index (χ3v) is 4.00. The highest BCUT2D eigenvalue weighted by Gasteiger charge is 2.18. The minimum Gasteiger partial charge on any atom is -0.431 e. The highest BCUT2D eigenvalue weighted by Crippen LogP contribution is 2.17. The average molecular weight is 362 g/mol. The van der Waals surface area contributed by atoms with Crippen LogP contribution in [0, 0.1) is 20.8 Å². The lowest BCUT2D eigenvalue weighted by molar-refractivity contribution is -0.115. The summed E-state index contributed by atoms with van der Waals surface area (Å²) >= 11 is 1.24. The van der Waals surface area contributed by atoms with Gasteiger partial charge in [0.05, 0.1) is 12.1 Å². The van der Waals surface area contributed by atoms with Crippen molar-refractivity contribution in [1.29, 1.82) is 0 Å². The van der Waals surface area contributed by atoms with Crippen LogP contribution in [0.4, 0.5) is 11.1 Å². The van der Waals surface area contributed by atoms with E-state index in [9.17, 15) is 9.59 Å². The van der Waals surface area contributed by atoms with Crippen LogP contribution >= 0.6 is 11.3 Å². The van der Waals surface area contributed by atoms with Crippen LogP contribution in [-0.4, -0.2) is 32.2 Å². The van der Waals surface area contributed by atoms with E-state index in [1.807, 2.05) is 0 Å². The Bertz CT molecular complexity index is 908. The fourth-order valence-electron chi connectivity index (χ4n) is 2.02. The van der Waals surface area contributed by atoms with E-state index in [-0.39, 0.29) is 24.0 Å². The topological polar surface area (TPSA) is 136 Å². The standard InChI is InChI=1S/C14H14N6O4S/c1-6-9(7(2)24-20-6)4-11(21)16-13-15-10(5-23-13)12(22)17-14-19-18-8(3)25-14/h5H,4H2,1-3H3,(H,15,16,21)(H,17,19,22). The number of rotatable bonds is 5. The molecule has 3 heterocycles. The maximum atomic E-state index is 12.1. The number of aromatic nitrogens is 4. The van der Waals surface area contributed by atoms with Crippen LogP contribution in [0.25, 0.3) is 0 Å². The minimum atomic E-state index is -0.508. The molecule has 3 aromatic heterocycles. The van der Waals surface area contributed by atoms with Crippen LogP contribution in [0.2, 0.25) is 0 Å². The van der Waals surface area contributed by atoms with Crippen molar-refractivity contribution in [3.63, 3.8) is 0 Å². The summed E-state index contributed by atoms with van der Waals surface area (Å²) in [6.45, 7) is 5.25. The zero-order chi connectivity index (χ0) is 18.0. The molecule has 3 rings (SSSR count). The number of carbonyl (C=O) groups is 2. The van der Waals surface area contributed by atoms with Crippen molar-refractivity contribution in [3.05, 3.63) is 34.0 Å². The zero-order valence-electron chi connectivity index (χ0n) is 13.6. The molecule has 0 aliphatic carbocycles. The van der Waals surface area contributed by atoms with Crippen LogP contribution in [0.1, 0.15) is 32.5 Å². The predicted octanol–water partition coefficient (Wildman–Crippen LogP) is 1.87. The zero-order valence-corrected chi connectivity index (χ0v) is 14.4. The second-order valence-corrected chi connectivity index (χ2v) is 6.33. The molecule has 0 unspecified atom stereocenters. The number of oxazole rings is 1. The van der Waals surface area contributed by atoms with Crippen molar-refractivity contribution >= 4 is 34.3 Å². The maximum absolute atomic E-state index is 12.1. The Morgan fingerprint density at radius 2 is 2.00 bits per heavy atom. The van der Waals surface area contributed by atoms with Crippen molar-refractivity contribution in [2.45, 2.75) is 27.2 Å². The third kappa shape index (κ3) is 3.88. The summed E-state index contributed by atoms with van der Waals surface area (Å²) in [5.41, 5.74) is 1.36. The number of aryl methyl sites for hydroxylation is 3. The molecule has 0 spiro atoms. The molecular weight excluding hydrogens is 348 g/mol. The van der Waals surface area contributed by atoms with Gasteiger partial charge in [0.1, 0.15) is 17.0 Å². The summed E-state index contributed by atoms with van der Waals surface area (Å²) in [7, 11) is 0. The Morgan fingerprint density at radius 3 is 2.64 bits per heavy atom. The SMILES string of the molecule is Cc1nnc(NC(=O)c2coc(NC(=O)Cc3c(C)noc3C)n2)s1. The predicted molar refractivity (Wildman–Crippen MR) is 87.4 cm³/mol. The van der Waals surface area contributed by atoms with Gasteiger partial charge in [0, 0.05) is 5.56 Å². The van der Waals surface area contributed by atoms with E-state index < -0.39 is 5.91 Å². The van der Waals surface area contributed by atoms with Crippen LogP contribution < -0.4 is 10.6 Å². The van der Waals surface area contributed by atoms with Gasteiger partial charge in [-0.1, -0.05) is 16.5 Å². The van der Waals surface area contributed by atoms with Crippen LogP contribution in [-0.2, 0) is 11.2 Å². The number of hydrogen-bond donors (Lipinski definition) is 2. The number of nitrogens with zero attached hydrogens (tertiary/aromatic N) is 4. The summed E-state index contributed by atoms with van der Waals surface area (Å²) in [6.07, 6.45) is 1.21. The van der Waals surface area contributed by atoms with Crippen molar-refractivity contribution < 1.29 is 18.5 Å². The molecule has 0 saturated carbocycles. The van der Waals surface area contributed by atoms with E-state index in [4.69, 9.17) is 8.94 Å². The van der Waals surface area contributed by atoms with Gasteiger partial charge in [0.15, 0.2) is 5.69 Å². The van der Waals surface area contributed by atoms with E-state index in [0.29, 0.717) is 22.1 Å². The van der Waals surface area contributed by atoms with Gasteiger partial charge in [0.2, 0.25) is 11.0 Å². The van der Waals surface area contributed by atoms with E-state index in [2.05, 4.69) is 31.0 Å². The molecule has 2 amide bonds. The van der Waals surface area contributed by atoms with Crippen molar-refractivity contribution in [3.8, 4) is 0 Å². The van der Waals surface area contributed by atoms with Crippen LogP contribution in [0.5, 0.6) is 0 Å². The van der Waals surface area contributed by atoms with Gasteiger partial charge >= 0.3 is 6.01 Å². The number of amides is 2. The Morgan fingerprint density at radius 1 is 1.20 bits per heavy atom. The number of anilines is 2. The van der Waals surface area contributed by atoms with E-state index >= 15 is 0 Å². The van der Waals surface area contributed by atoms with Crippen molar-refractivity contribution in [2.24, 2.45) is 0 Å². The van der Waals surface area contributed by atoms with Gasteiger partial charge < -0.3 is 8.94 Å². The Kier molecular flexibility index (Phi) is 4.57. The third-order valence-electron chi connectivity index (χ3n) is 3.25. The molecule has 11 heteroatoms. The normalized spacial score (nSPS) is 10.7. The second-order valence-electron chi connectivity index (χ2n) is 5.15. The van der Waals surface area contributed by atoms with E-state index in [1.54, 1.807) is 20.8 Å². The number of hydrogen-bond acceptors (Lipinski definition) is 9. The molecule has 130 valence electrons. The highest BCUT2D eigenvalue weighted by molar-refractivity contribution is 7.15. The molecule has 0 atom stereocenters. The molecule has 0 radical (unpaired) electrons. The first-order valence-electron chi connectivity index (χ1n) is 7.21. The summed E-state index contributed by atoms with van der Waals surface area (Å²) in [4.78, 5) is 28.0. The molecule has 0 saturated heterocycles. The van der Waals surface area contributed by atoms with Crippen LogP contribution in [0.15, 0.2) is 15.2 Å². The summed E-state index contributed by atoms with van der Waals surface area (Å²) in [5, 5.41) is 17.5. The average Bonchev–Trinajstić information content (AvgIpc) is 3.25. The first kappa shape index (κ1) is 16.8. The Labute approximate surface area is 145 Å². The highest BCUT2D eigenvalue weighted by atomic mass is 32.1. The first-order chi connectivity index (χ1) is 11.9. The molecule has 0 aromatic carbocycles. The van der Waals surface area contributed by atoms with Gasteiger partial charge in [-0.05, 0) is 20.8 Å². The molecular formula is C14H14N6O4S. The molecule has 10 nitrogen and oxygen atoms in total. The number of nitrogens with one attached hydrogen (secondary N) is 2. The molecule has 3 aromatic rings. The fourth-order valence-corrected chi connectivity index (χ4v) is 2.61. The van der Waals surface area contributed by atoms with Crippen molar-refractivity contribution in [1.82, 2.24) is 20.3 Å². The minimum absolute atomic E-state index is 0.0143. The van der Waals surface area contributed by atoms with Crippen LogP contribution in [0.3, 0.4) is 0 Å². The van der Waals surface area contributed by atoms with Gasteiger partial charge in [0.25, 0.3) is 5.91 Å². The lowest BCUT2D eigenvalue weighted by Gasteiger charge is -2.00. The monoisotopic (exact) mass is 362 g/mol. The molecule has 0 aliphatic rings. The van der Waals surface area contributed by atoms with E-state index in [1.165, 1.54) is 11.3 Å². The van der Waals surface area contributed by atoms with Gasteiger partial charge in [-0.2, -0.15) is 4.98 Å². The Hall–Kier alpha value is -3.08. The number of carbonyl (C=O) groups excluding carboxylic acids is 2. The van der Waals surface area contributed by atoms with Gasteiger partial charge in [-0.3, -0.25) is 20.2 Å². The molecule has 0 aliphatic heterocycles. The largest absolute Gasteiger partial charge is 0.431 e. The summed E-state index contributed by atoms with van der Waals surface area (Å²) in [5.74, 6) is -0.290. The van der Waals surface area contributed by atoms with Gasteiger partial charge in [-0.25, -0.2) is 0 Å². The molecule has 0 bridgehead atoms. The summed E-state index contributed by atoms with van der Waals surface area (Å²) in [6, 6.07) is -0.0737. The van der Waals surface area contributed by atoms with E-state index in [0.717, 1.165) is 11.3 Å². The maximum Gasteiger partial charge on any atom is 0.302 e. The molecule has 2 N–H and O–H groups in total. The smallest absolute Gasteiger partial charge is 0.302 e. The van der Waals surface area contributed by atoms with Crippen molar-refractivity contribution in [2.75, 3.05) is 10.6 Å². The molecule has 25 heavy (non-hydrogen) atoms. The lowest BCUT2D eigenvalue weighted by atomic mass is 10.1. The fraction of sp³-hybridized carbons (Fsp3) is 0.286. The van der Waals surface area contributed by atoms with Gasteiger partial charge in [-0.15, -0.1) is 10.2 Å². The first-order valence-corrected chi connectivity index (χ1v) is 8.02. The molecule has 0 fully saturated rings. The summed E-state index contributed by atoms with van der Waals surface area (Å²) < 4.78 is 10.1. The second kappa shape index (κ2) is 6.81. The Balaban J connectivity index is 1.61. The lowest BCUT2D eigenvalue weighted by Crippen LogP contribution is -2.16.